The Bertz CT molecular complexity index is 541. The van der Waals surface area contributed by atoms with Crippen molar-refractivity contribution < 1.29 is 0 Å². The van der Waals surface area contributed by atoms with Crippen LogP contribution in [0.4, 0.5) is 0 Å². The number of nitrogens with zero attached hydrogens (tertiary/aromatic N) is 2. The zero-order valence-electron chi connectivity index (χ0n) is 11.4. The van der Waals surface area contributed by atoms with Crippen molar-refractivity contribution >= 4 is 0 Å². The van der Waals surface area contributed by atoms with E-state index in [0.29, 0.717) is 5.92 Å². The van der Waals surface area contributed by atoms with Crippen LogP contribution in [0, 0.1) is 12.8 Å². The fourth-order valence-corrected chi connectivity index (χ4v) is 2.70. The van der Waals surface area contributed by atoms with E-state index in [4.69, 9.17) is 5.73 Å². The Labute approximate surface area is 114 Å². The van der Waals surface area contributed by atoms with Gasteiger partial charge in [-0.25, -0.2) is 4.98 Å². The summed E-state index contributed by atoms with van der Waals surface area (Å²) in [5.41, 5.74) is 9.27. The van der Waals surface area contributed by atoms with Crippen molar-refractivity contribution in [1.82, 2.24) is 9.55 Å². The molecule has 1 aromatic carbocycles. The summed E-state index contributed by atoms with van der Waals surface area (Å²) in [6.07, 6.45) is 7.78. The molecule has 1 fully saturated rings. The molecule has 0 radical (unpaired) electrons. The molecule has 1 saturated carbocycles. The largest absolute Gasteiger partial charge is 0.330 e. The van der Waals surface area contributed by atoms with Crippen molar-refractivity contribution in [3.8, 4) is 5.69 Å². The molecule has 2 N–H and O–H groups in total. The van der Waals surface area contributed by atoms with E-state index in [0.717, 1.165) is 18.9 Å². The summed E-state index contributed by atoms with van der Waals surface area (Å²) in [5.74, 6) is 1.48. The fraction of sp³-hybridized carbons (Fsp3) is 0.438. The minimum Gasteiger partial charge on any atom is -0.330 e. The monoisotopic (exact) mass is 255 g/mol. The summed E-state index contributed by atoms with van der Waals surface area (Å²) in [5, 5.41) is 0. The van der Waals surface area contributed by atoms with E-state index < -0.39 is 0 Å². The maximum atomic E-state index is 5.56. The maximum absolute atomic E-state index is 5.56. The molecule has 1 aromatic heterocycles. The Hall–Kier alpha value is -1.61. The summed E-state index contributed by atoms with van der Waals surface area (Å²) in [7, 11) is 0. The van der Waals surface area contributed by atoms with Crippen LogP contribution in [0.15, 0.2) is 36.8 Å². The van der Waals surface area contributed by atoms with E-state index in [1.54, 1.807) is 0 Å². The Morgan fingerprint density at radius 2 is 2.11 bits per heavy atom. The van der Waals surface area contributed by atoms with Crippen molar-refractivity contribution in [3.05, 3.63) is 48.0 Å². The molecule has 3 rings (SSSR count). The van der Waals surface area contributed by atoms with Gasteiger partial charge in [0, 0.05) is 17.8 Å². The molecule has 2 unspecified atom stereocenters. The first-order valence-corrected chi connectivity index (χ1v) is 7.09. The van der Waals surface area contributed by atoms with Gasteiger partial charge < -0.3 is 10.3 Å². The molecule has 0 saturated heterocycles. The van der Waals surface area contributed by atoms with Crippen molar-refractivity contribution in [2.45, 2.75) is 32.1 Å². The molecule has 2 atom stereocenters. The SMILES string of the molecule is Cc1ccc(-n2cnc(C3CC3CCCN)c2)cc1. The number of nitrogens with two attached hydrogens (primary N) is 1. The second-order valence-corrected chi connectivity index (χ2v) is 5.57. The standard InChI is InChI=1S/C16H21N3/c1-12-4-6-14(7-5-12)19-10-16(18-11-19)15-9-13(15)3-2-8-17/h4-7,10-11,13,15H,2-3,8-9,17H2,1H3. The second kappa shape index (κ2) is 5.17. The van der Waals surface area contributed by atoms with Crippen LogP contribution in [-0.4, -0.2) is 16.1 Å². The van der Waals surface area contributed by atoms with E-state index in [2.05, 4.69) is 46.9 Å². The molecular formula is C16H21N3. The summed E-state index contributed by atoms with van der Waals surface area (Å²) >= 11 is 0. The summed E-state index contributed by atoms with van der Waals surface area (Å²) < 4.78 is 2.12. The highest BCUT2D eigenvalue weighted by Gasteiger charge is 2.38. The Morgan fingerprint density at radius 3 is 2.84 bits per heavy atom. The third-order valence-electron chi connectivity index (χ3n) is 4.02. The molecule has 19 heavy (non-hydrogen) atoms. The van der Waals surface area contributed by atoms with E-state index >= 15 is 0 Å². The molecule has 100 valence electrons. The number of aryl methyl sites for hydroxylation is 1. The quantitative estimate of drug-likeness (QED) is 0.892. The lowest BCUT2D eigenvalue weighted by atomic mass is 10.1. The van der Waals surface area contributed by atoms with Gasteiger partial charge in [-0.05, 0) is 50.8 Å². The average molecular weight is 255 g/mol. The number of aromatic nitrogens is 2. The molecule has 0 aliphatic heterocycles. The molecule has 0 amide bonds. The lowest BCUT2D eigenvalue weighted by molar-refractivity contribution is 0.655. The maximum Gasteiger partial charge on any atom is 0.0995 e. The topological polar surface area (TPSA) is 43.8 Å². The first kappa shape index (κ1) is 12.4. The van der Waals surface area contributed by atoms with Crippen LogP contribution in [0.2, 0.25) is 0 Å². The number of rotatable bonds is 5. The van der Waals surface area contributed by atoms with Crippen molar-refractivity contribution in [2.24, 2.45) is 11.7 Å². The predicted octanol–water partition coefficient (Wildman–Crippen LogP) is 3.02. The molecule has 0 spiro atoms. The van der Waals surface area contributed by atoms with E-state index in [-0.39, 0.29) is 0 Å². The van der Waals surface area contributed by atoms with Crippen LogP contribution in [-0.2, 0) is 0 Å². The second-order valence-electron chi connectivity index (χ2n) is 5.57. The van der Waals surface area contributed by atoms with Crippen LogP contribution >= 0.6 is 0 Å². The fourth-order valence-electron chi connectivity index (χ4n) is 2.70. The van der Waals surface area contributed by atoms with Crippen molar-refractivity contribution in [3.63, 3.8) is 0 Å². The molecule has 0 bridgehead atoms. The lowest BCUT2D eigenvalue weighted by Crippen LogP contribution is -1.98. The third kappa shape index (κ3) is 2.71. The molecular weight excluding hydrogens is 234 g/mol. The van der Waals surface area contributed by atoms with Crippen LogP contribution < -0.4 is 5.73 Å². The highest BCUT2D eigenvalue weighted by Crippen LogP contribution is 2.49. The highest BCUT2D eigenvalue weighted by atomic mass is 15.0. The van der Waals surface area contributed by atoms with Crippen LogP contribution in [0.1, 0.15) is 36.4 Å². The van der Waals surface area contributed by atoms with Crippen molar-refractivity contribution in [2.75, 3.05) is 6.54 Å². The average Bonchev–Trinajstić information content (AvgIpc) is 3.04. The zero-order valence-corrected chi connectivity index (χ0v) is 11.4. The Morgan fingerprint density at radius 1 is 1.32 bits per heavy atom. The minimum atomic E-state index is 0.665. The van der Waals surface area contributed by atoms with E-state index in [1.807, 2.05) is 6.33 Å². The predicted molar refractivity (Wildman–Crippen MR) is 77.4 cm³/mol. The van der Waals surface area contributed by atoms with Gasteiger partial charge in [0.15, 0.2) is 0 Å². The van der Waals surface area contributed by atoms with E-state index in [1.165, 1.54) is 29.8 Å². The normalized spacial score (nSPS) is 21.6. The molecule has 1 aliphatic carbocycles. The lowest BCUT2D eigenvalue weighted by Gasteiger charge is -2.01. The number of hydrogen-bond acceptors (Lipinski definition) is 2. The number of hydrogen-bond donors (Lipinski definition) is 1. The van der Waals surface area contributed by atoms with Gasteiger partial charge in [-0.15, -0.1) is 0 Å². The third-order valence-corrected chi connectivity index (χ3v) is 4.02. The smallest absolute Gasteiger partial charge is 0.0995 e. The molecule has 3 nitrogen and oxygen atoms in total. The summed E-state index contributed by atoms with van der Waals surface area (Å²) in [6.45, 7) is 2.91. The first-order valence-electron chi connectivity index (χ1n) is 7.09. The van der Waals surface area contributed by atoms with Crippen LogP contribution in [0.3, 0.4) is 0 Å². The van der Waals surface area contributed by atoms with Crippen LogP contribution in [0.5, 0.6) is 0 Å². The molecule has 1 heterocycles. The minimum absolute atomic E-state index is 0.665. The Balaban J connectivity index is 1.69. The number of benzene rings is 1. The summed E-state index contributed by atoms with van der Waals surface area (Å²) in [6, 6.07) is 8.55. The Kier molecular flexibility index (Phi) is 3.38. The van der Waals surface area contributed by atoms with Gasteiger partial charge in [0.25, 0.3) is 0 Å². The van der Waals surface area contributed by atoms with Gasteiger partial charge in [-0.1, -0.05) is 17.7 Å². The summed E-state index contributed by atoms with van der Waals surface area (Å²) in [4.78, 5) is 4.57. The van der Waals surface area contributed by atoms with Crippen molar-refractivity contribution in [1.29, 1.82) is 0 Å². The van der Waals surface area contributed by atoms with Gasteiger partial charge in [0.2, 0.25) is 0 Å². The molecule has 3 heteroatoms. The highest BCUT2D eigenvalue weighted by molar-refractivity contribution is 5.35. The molecule has 2 aromatic rings. The van der Waals surface area contributed by atoms with Gasteiger partial charge in [-0.3, -0.25) is 0 Å². The van der Waals surface area contributed by atoms with Gasteiger partial charge in [0.05, 0.1) is 12.0 Å². The van der Waals surface area contributed by atoms with Gasteiger partial charge in [-0.2, -0.15) is 0 Å². The van der Waals surface area contributed by atoms with Gasteiger partial charge >= 0.3 is 0 Å². The van der Waals surface area contributed by atoms with Crippen LogP contribution in [0.25, 0.3) is 5.69 Å². The van der Waals surface area contributed by atoms with Gasteiger partial charge in [0.1, 0.15) is 0 Å². The molecule has 1 aliphatic rings. The first-order chi connectivity index (χ1) is 9.28. The van der Waals surface area contributed by atoms with E-state index in [9.17, 15) is 0 Å². The number of imidazole rings is 1. The zero-order chi connectivity index (χ0) is 13.2.